The molecule has 0 spiro atoms. The molecule has 0 heterocycles. The molecule has 9 nitrogen and oxygen atoms in total. The van der Waals surface area contributed by atoms with E-state index in [2.05, 4.69) is 0 Å². The summed E-state index contributed by atoms with van der Waals surface area (Å²) in [5.41, 5.74) is 10.4. The van der Waals surface area contributed by atoms with E-state index in [1.165, 1.54) is 0 Å². The highest BCUT2D eigenvalue weighted by Gasteiger charge is 2.16. The molecule has 0 aromatic rings. The number of aliphatic hydroxyl groups excluding tert-OH is 1. The Morgan fingerprint density at radius 3 is 1.79 bits per heavy atom. The first-order chi connectivity index (χ1) is 8.72. The summed E-state index contributed by atoms with van der Waals surface area (Å²) < 4.78 is 0. The Morgan fingerprint density at radius 2 is 1.53 bits per heavy atom. The van der Waals surface area contributed by atoms with Crippen LogP contribution in [0.15, 0.2) is 0 Å². The molecule has 0 aromatic carbocycles. The van der Waals surface area contributed by atoms with E-state index in [0.717, 1.165) is 12.8 Å². The van der Waals surface area contributed by atoms with Crippen molar-refractivity contribution in [1.29, 1.82) is 0 Å². The number of carbonyl (C=O) groups is 3. The number of hydrogen-bond donors (Lipinski definition) is 6. The van der Waals surface area contributed by atoms with Gasteiger partial charge in [0.2, 0.25) is 0 Å². The first-order valence-electron chi connectivity index (χ1n) is 5.53. The Balaban J connectivity index is 0. The number of carboxylic acid groups (broad SMARTS) is 3. The molecule has 0 amide bonds. The highest BCUT2D eigenvalue weighted by Crippen LogP contribution is 1.97. The minimum Gasteiger partial charge on any atom is -0.481 e. The Labute approximate surface area is 109 Å². The van der Waals surface area contributed by atoms with Gasteiger partial charge in [-0.2, -0.15) is 0 Å². The zero-order valence-electron chi connectivity index (χ0n) is 10.4. The first-order valence-corrected chi connectivity index (χ1v) is 5.53. The lowest BCUT2D eigenvalue weighted by atomic mass is 10.1. The van der Waals surface area contributed by atoms with E-state index in [-0.39, 0.29) is 0 Å². The second-order valence-corrected chi connectivity index (χ2v) is 3.68. The molecule has 19 heavy (non-hydrogen) atoms. The van der Waals surface area contributed by atoms with Crippen molar-refractivity contribution >= 4 is 17.9 Å². The van der Waals surface area contributed by atoms with Gasteiger partial charge < -0.3 is 31.9 Å². The van der Waals surface area contributed by atoms with Crippen LogP contribution in [-0.2, 0) is 14.4 Å². The summed E-state index contributed by atoms with van der Waals surface area (Å²) in [6, 6.07) is -0.716. The molecule has 0 aliphatic rings. The smallest absolute Gasteiger partial charge is 0.333 e. The highest BCUT2D eigenvalue weighted by molar-refractivity contribution is 5.79. The highest BCUT2D eigenvalue weighted by atomic mass is 16.4. The van der Waals surface area contributed by atoms with Gasteiger partial charge in [-0.15, -0.1) is 0 Å². The van der Waals surface area contributed by atoms with Gasteiger partial charge in [-0.05, 0) is 19.4 Å². The van der Waals surface area contributed by atoms with Crippen molar-refractivity contribution < 1.29 is 34.8 Å². The molecule has 9 heteroatoms. The average Bonchev–Trinajstić information content (AvgIpc) is 2.28. The number of aliphatic carboxylic acids is 3. The van der Waals surface area contributed by atoms with Crippen LogP contribution < -0.4 is 11.5 Å². The van der Waals surface area contributed by atoms with Crippen molar-refractivity contribution in [2.75, 3.05) is 6.54 Å². The van der Waals surface area contributed by atoms with Crippen molar-refractivity contribution in [3.05, 3.63) is 0 Å². The maximum Gasteiger partial charge on any atom is 0.333 e. The van der Waals surface area contributed by atoms with Crippen molar-refractivity contribution in [3.63, 3.8) is 0 Å². The molecule has 0 saturated carbocycles. The van der Waals surface area contributed by atoms with Crippen LogP contribution in [0, 0.1) is 0 Å². The topological polar surface area (TPSA) is 184 Å². The molecule has 0 bridgehead atoms. The van der Waals surface area contributed by atoms with Gasteiger partial charge in [0.05, 0.1) is 6.42 Å². The lowest BCUT2D eigenvalue weighted by molar-refractivity contribution is -0.152. The quantitative estimate of drug-likeness (QED) is 0.286. The Morgan fingerprint density at radius 1 is 1.00 bits per heavy atom. The maximum absolute atomic E-state index is 10.1. The van der Waals surface area contributed by atoms with E-state index in [1.807, 2.05) is 0 Å². The standard InChI is InChI=1S/C6H14N2O2.C4H6O5/c7-4-2-1-3-5(8)6(9)10;5-2(4(8)9)1-3(6)7/h5H,1-4,7-8H2,(H,9,10);2,5H,1H2,(H,6,7)(H,8,9)/t5-;/m0./s1. The predicted octanol–water partition coefficient (Wildman–Crippen LogP) is -1.57. The summed E-state index contributed by atoms with van der Waals surface area (Å²) in [4.78, 5) is 29.5. The molecule has 0 rings (SSSR count). The van der Waals surface area contributed by atoms with Crippen LogP contribution in [0.5, 0.6) is 0 Å². The Kier molecular flexibility index (Phi) is 11.8. The molecule has 0 aliphatic heterocycles. The van der Waals surface area contributed by atoms with Crippen LogP contribution in [0.3, 0.4) is 0 Å². The summed E-state index contributed by atoms with van der Waals surface area (Å²) in [6.45, 7) is 0.604. The Bertz CT molecular complexity index is 296. The lowest BCUT2D eigenvalue weighted by Gasteiger charge is -2.03. The number of rotatable bonds is 8. The summed E-state index contributed by atoms with van der Waals surface area (Å²) in [5, 5.41) is 32.5. The van der Waals surface area contributed by atoms with E-state index in [9.17, 15) is 14.4 Å². The number of nitrogens with two attached hydrogens (primary N) is 2. The number of aliphatic hydroxyl groups is 1. The third-order valence-corrected chi connectivity index (χ3v) is 1.94. The molecule has 1 unspecified atom stereocenters. The molecule has 0 fully saturated rings. The fourth-order valence-electron chi connectivity index (χ4n) is 0.885. The van der Waals surface area contributed by atoms with E-state index >= 15 is 0 Å². The SMILES string of the molecule is NCCCC[C@H](N)C(=O)O.O=C(O)CC(O)C(=O)O. The zero-order chi connectivity index (χ0) is 15.4. The van der Waals surface area contributed by atoms with Crippen LogP contribution in [-0.4, -0.2) is 57.0 Å². The largest absolute Gasteiger partial charge is 0.481 e. The lowest BCUT2D eigenvalue weighted by Crippen LogP contribution is -2.29. The fourth-order valence-corrected chi connectivity index (χ4v) is 0.885. The minimum absolute atomic E-state index is 0.520. The van der Waals surface area contributed by atoms with Crippen LogP contribution in [0.1, 0.15) is 25.7 Å². The summed E-state index contributed by atoms with van der Waals surface area (Å²) in [5.74, 6) is -3.78. The number of hydrogen-bond acceptors (Lipinski definition) is 6. The van der Waals surface area contributed by atoms with Crippen LogP contribution in [0.2, 0.25) is 0 Å². The molecular weight excluding hydrogens is 260 g/mol. The average molecular weight is 280 g/mol. The molecule has 0 aromatic heterocycles. The molecule has 8 N–H and O–H groups in total. The van der Waals surface area contributed by atoms with E-state index < -0.39 is 36.5 Å². The van der Waals surface area contributed by atoms with Crippen molar-refractivity contribution in [2.24, 2.45) is 11.5 Å². The van der Waals surface area contributed by atoms with Gasteiger partial charge in [-0.25, -0.2) is 4.79 Å². The normalized spacial score (nSPS) is 12.8. The van der Waals surface area contributed by atoms with E-state index in [1.54, 1.807) is 0 Å². The third-order valence-electron chi connectivity index (χ3n) is 1.94. The number of unbranched alkanes of at least 4 members (excludes halogenated alkanes) is 1. The zero-order valence-corrected chi connectivity index (χ0v) is 10.4. The van der Waals surface area contributed by atoms with Crippen molar-refractivity contribution in [2.45, 2.75) is 37.8 Å². The predicted molar refractivity (Wildman–Crippen MR) is 64.4 cm³/mol. The fraction of sp³-hybridized carbons (Fsp3) is 0.700. The van der Waals surface area contributed by atoms with Crippen molar-refractivity contribution in [1.82, 2.24) is 0 Å². The molecule has 2 atom stereocenters. The minimum atomic E-state index is -1.79. The second-order valence-electron chi connectivity index (χ2n) is 3.68. The summed E-state index contributed by atoms with van der Waals surface area (Å²) in [7, 11) is 0. The van der Waals surface area contributed by atoms with Crippen LogP contribution in [0.4, 0.5) is 0 Å². The van der Waals surface area contributed by atoms with E-state index in [0.29, 0.717) is 13.0 Å². The first kappa shape index (κ1) is 19.6. The van der Waals surface area contributed by atoms with Gasteiger partial charge in [0.1, 0.15) is 6.04 Å². The molecule has 112 valence electrons. The van der Waals surface area contributed by atoms with Gasteiger partial charge in [0.15, 0.2) is 6.10 Å². The van der Waals surface area contributed by atoms with Crippen LogP contribution >= 0.6 is 0 Å². The van der Waals surface area contributed by atoms with E-state index in [4.69, 9.17) is 31.9 Å². The van der Waals surface area contributed by atoms with Gasteiger partial charge >= 0.3 is 17.9 Å². The van der Waals surface area contributed by atoms with Gasteiger partial charge in [0, 0.05) is 0 Å². The summed E-state index contributed by atoms with van der Waals surface area (Å²) in [6.07, 6.45) is -0.380. The van der Waals surface area contributed by atoms with Crippen LogP contribution in [0.25, 0.3) is 0 Å². The van der Waals surface area contributed by atoms with Gasteiger partial charge in [-0.1, -0.05) is 6.42 Å². The maximum atomic E-state index is 10.1. The molecule has 0 aliphatic carbocycles. The second kappa shape index (κ2) is 11.4. The molecule has 0 radical (unpaired) electrons. The summed E-state index contributed by atoms with van der Waals surface area (Å²) >= 11 is 0. The van der Waals surface area contributed by atoms with Gasteiger partial charge in [-0.3, -0.25) is 9.59 Å². The monoisotopic (exact) mass is 280 g/mol. The van der Waals surface area contributed by atoms with Crippen molar-refractivity contribution in [3.8, 4) is 0 Å². The molecule has 0 saturated heterocycles. The third kappa shape index (κ3) is 14.2. The molecular formula is C10H20N2O7. The number of carboxylic acids is 3. The van der Waals surface area contributed by atoms with Gasteiger partial charge in [0.25, 0.3) is 0 Å². The Hall–Kier alpha value is -1.71.